The zero-order valence-corrected chi connectivity index (χ0v) is 27.4. The molecule has 46 heavy (non-hydrogen) atoms. The van der Waals surface area contributed by atoms with Crippen LogP contribution in [0.15, 0.2) is 48.5 Å². The van der Waals surface area contributed by atoms with Crippen LogP contribution in [0.5, 0.6) is 0 Å². The van der Waals surface area contributed by atoms with E-state index in [1.54, 1.807) is 23.1 Å². The molecule has 2 saturated heterocycles. The molecule has 0 saturated carbocycles. The van der Waals surface area contributed by atoms with E-state index >= 15 is 0 Å². The first-order chi connectivity index (χ1) is 21.8. The van der Waals surface area contributed by atoms with Gasteiger partial charge in [-0.2, -0.15) is 0 Å². The molecule has 0 spiro atoms. The maximum atomic E-state index is 13.7. The summed E-state index contributed by atoms with van der Waals surface area (Å²) in [5, 5.41) is 52.3. The number of carbonyl (C=O) groups is 2. The molecule has 2 aromatic rings. The van der Waals surface area contributed by atoms with Gasteiger partial charge in [0.2, 0.25) is 5.91 Å². The molecule has 0 unspecified atom stereocenters. The molecular weight excluding hydrogens is 612 g/mol. The molecule has 0 aromatic heterocycles. The number of hydrogen-bond acceptors (Lipinski definition) is 10. The van der Waals surface area contributed by atoms with E-state index in [2.05, 4.69) is 12.2 Å². The molecule has 3 aliphatic rings. The van der Waals surface area contributed by atoms with Gasteiger partial charge in [0.1, 0.15) is 18.3 Å². The molecule has 2 fully saturated rings. The topological polar surface area (TPSA) is 189 Å². The maximum Gasteiger partial charge on any atom is 0.256 e. The second-order valence-electron chi connectivity index (χ2n) is 13.4. The number of hydrogen-bond donors (Lipinski definition) is 7. The van der Waals surface area contributed by atoms with Gasteiger partial charge in [-0.15, -0.1) is 0 Å². The van der Waals surface area contributed by atoms with E-state index in [0.29, 0.717) is 31.5 Å². The predicted molar refractivity (Wildman–Crippen MR) is 170 cm³/mol. The van der Waals surface area contributed by atoms with Gasteiger partial charge in [-0.25, -0.2) is 0 Å². The third kappa shape index (κ3) is 7.38. The molecule has 252 valence electrons. The van der Waals surface area contributed by atoms with Gasteiger partial charge in [0.15, 0.2) is 20.7 Å². The number of amides is 2. The molecule has 12 nitrogen and oxygen atoms in total. The average molecular weight is 659 g/mol. The summed E-state index contributed by atoms with van der Waals surface area (Å²) in [5.41, 5.74) is 3.36. The van der Waals surface area contributed by atoms with Crippen molar-refractivity contribution in [3.05, 3.63) is 65.2 Å². The number of aryl methyl sites for hydroxylation is 1. The molecule has 0 radical (unpaired) electrons. The van der Waals surface area contributed by atoms with Crippen molar-refractivity contribution < 1.29 is 49.4 Å². The molecule has 0 bridgehead atoms. The van der Waals surface area contributed by atoms with Gasteiger partial charge >= 0.3 is 0 Å². The van der Waals surface area contributed by atoms with Crippen LogP contribution in [0.4, 0.5) is 5.69 Å². The van der Waals surface area contributed by atoms with Gasteiger partial charge in [0, 0.05) is 17.8 Å². The molecule has 3 aliphatic heterocycles. The first-order valence-corrected chi connectivity index (χ1v) is 18.9. The van der Waals surface area contributed by atoms with E-state index in [1.165, 1.54) is 0 Å². The number of anilines is 1. The third-order valence-electron chi connectivity index (χ3n) is 9.74. The Morgan fingerprint density at radius 3 is 2.37 bits per heavy atom. The monoisotopic (exact) mass is 658 g/mol. The Kier molecular flexibility index (Phi) is 10.7. The van der Waals surface area contributed by atoms with Crippen LogP contribution in [-0.2, 0) is 38.4 Å². The van der Waals surface area contributed by atoms with Gasteiger partial charge in [0.05, 0.1) is 31.3 Å². The van der Waals surface area contributed by atoms with Crippen LogP contribution in [0.2, 0.25) is 18.6 Å². The molecule has 2 aromatic carbocycles. The molecule has 5 rings (SSSR count). The highest BCUT2D eigenvalue weighted by atomic mass is 28.4. The van der Waals surface area contributed by atoms with E-state index in [9.17, 15) is 39.9 Å². The summed E-state index contributed by atoms with van der Waals surface area (Å²) in [5.74, 6) is -0.880. The average Bonchev–Trinajstić information content (AvgIpc) is 3.34. The molecule has 7 N–H and O–H groups in total. The van der Waals surface area contributed by atoms with Crippen LogP contribution in [0.25, 0.3) is 0 Å². The highest BCUT2D eigenvalue weighted by Crippen LogP contribution is 2.46. The zero-order valence-electron chi connectivity index (χ0n) is 26.4. The fourth-order valence-corrected chi connectivity index (χ4v) is 9.95. The summed E-state index contributed by atoms with van der Waals surface area (Å²) >= 11 is 0. The van der Waals surface area contributed by atoms with Crippen LogP contribution >= 0.6 is 0 Å². The number of aliphatic hydroxyl groups is 5. The van der Waals surface area contributed by atoms with Gasteiger partial charge in [-0.05, 0) is 67.1 Å². The van der Waals surface area contributed by atoms with Crippen molar-refractivity contribution >= 4 is 25.8 Å². The van der Waals surface area contributed by atoms with Crippen molar-refractivity contribution in [2.45, 2.75) is 107 Å². The summed E-state index contributed by atoms with van der Waals surface area (Å²) < 4.78 is 11.6. The van der Waals surface area contributed by atoms with Crippen molar-refractivity contribution in [2.75, 3.05) is 11.9 Å². The number of benzene rings is 2. The molecule has 2 amide bonds. The minimum Gasteiger partial charge on any atom is -0.432 e. The van der Waals surface area contributed by atoms with Crippen molar-refractivity contribution in [3.63, 3.8) is 0 Å². The first kappa shape index (κ1) is 34.6. The first-order valence-electron chi connectivity index (χ1n) is 15.9. The second kappa shape index (κ2) is 14.2. The molecular formula is C33H46N2O10Si. The normalized spacial score (nSPS) is 33.0. The van der Waals surface area contributed by atoms with Crippen LogP contribution in [0.3, 0.4) is 0 Å². The van der Waals surface area contributed by atoms with Crippen LogP contribution in [0.1, 0.15) is 36.5 Å². The smallest absolute Gasteiger partial charge is 0.256 e. The number of fused-ring (bicyclic) bond motifs is 1. The summed E-state index contributed by atoms with van der Waals surface area (Å²) in [6, 6.07) is 14.7. The SMILES string of the molecule is C[C@@H]1[C@@H]([Si](C)(C)O)[C@H](CC(=O)N2Cc3ccccc3C[C@H]2CO)O[C@@H]1CCc1cccc(NC(=O)[C@H]2O[C@@H](O)[C@H](O)[C@@H](O)[C@@H]2O)c1. The van der Waals surface area contributed by atoms with Gasteiger partial charge < -0.3 is 50.0 Å². The number of aliphatic hydroxyl groups excluding tert-OH is 5. The summed E-state index contributed by atoms with van der Waals surface area (Å²) in [7, 11) is -2.74. The lowest BCUT2D eigenvalue weighted by Gasteiger charge is -2.37. The number of carbonyl (C=O) groups excluding carboxylic acids is 2. The van der Waals surface area contributed by atoms with Crippen molar-refractivity contribution in [3.8, 4) is 0 Å². The van der Waals surface area contributed by atoms with Crippen LogP contribution < -0.4 is 5.32 Å². The number of nitrogens with zero attached hydrogens (tertiary/aromatic N) is 1. The predicted octanol–water partition coefficient (Wildman–Crippen LogP) is 0.665. The Hall–Kier alpha value is -2.72. The summed E-state index contributed by atoms with van der Waals surface area (Å²) in [4.78, 5) is 39.5. The van der Waals surface area contributed by atoms with Crippen molar-refractivity contribution in [2.24, 2.45) is 5.92 Å². The maximum absolute atomic E-state index is 13.7. The zero-order chi connectivity index (χ0) is 33.3. The quantitative estimate of drug-likeness (QED) is 0.189. The van der Waals surface area contributed by atoms with E-state index in [1.807, 2.05) is 43.4 Å². The van der Waals surface area contributed by atoms with Gasteiger partial charge in [-0.1, -0.05) is 43.3 Å². The molecule has 13 heteroatoms. The minimum atomic E-state index is -2.74. The van der Waals surface area contributed by atoms with Gasteiger partial charge in [0.25, 0.3) is 5.91 Å². The van der Waals surface area contributed by atoms with Crippen LogP contribution in [-0.4, -0.2) is 111 Å². The lowest BCUT2D eigenvalue weighted by Crippen LogP contribution is -2.60. The lowest BCUT2D eigenvalue weighted by atomic mass is 9.93. The number of nitrogens with one attached hydrogen (secondary N) is 1. The Bertz CT molecular complexity index is 1390. The largest absolute Gasteiger partial charge is 0.432 e. The molecule has 0 aliphatic carbocycles. The molecule has 3 heterocycles. The lowest BCUT2D eigenvalue weighted by molar-refractivity contribution is -0.274. The Morgan fingerprint density at radius 2 is 1.67 bits per heavy atom. The fourth-order valence-electron chi connectivity index (χ4n) is 7.34. The van der Waals surface area contributed by atoms with Crippen LogP contribution in [0, 0.1) is 5.92 Å². The van der Waals surface area contributed by atoms with E-state index in [4.69, 9.17) is 9.47 Å². The minimum absolute atomic E-state index is 0.00113. The Morgan fingerprint density at radius 1 is 0.957 bits per heavy atom. The fraction of sp³-hybridized carbons (Fsp3) is 0.576. The highest BCUT2D eigenvalue weighted by molar-refractivity contribution is 6.71. The van der Waals surface area contributed by atoms with E-state index in [0.717, 1.165) is 16.7 Å². The van der Waals surface area contributed by atoms with E-state index in [-0.39, 0.29) is 42.5 Å². The third-order valence-corrected chi connectivity index (χ3v) is 12.3. The number of rotatable bonds is 9. The van der Waals surface area contributed by atoms with E-state index < -0.39 is 51.0 Å². The standard InChI is InChI=1S/C33H46N2O10Si/c1-18-24(12-11-19-7-6-10-22(13-19)34-32(41)30-28(39)27(38)29(40)33(42)45-30)44-25(31(18)46(2,3)43)15-26(37)35-16-21-9-5-4-8-20(21)14-23(35)17-36/h4-10,13,18,23-25,27-31,33,36,38-40,42-43H,11-12,14-17H2,1-3H3,(H,34,41)/t18-,23-,24+,25-,27-,28-,29+,30-,31+,33+/m0/s1. The summed E-state index contributed by atoms with van der Waals surface area (Å²) in [6.07, 6.45) is -7.37. The number of ether oxygens (including phenoxy) is 2. The van der Waals surface area contributed by atoms with Gasteiger partial charge in [-0.3, -0.25) is 9.59 Å². The Labute approximate surface area is 269 Å². The van der Waals surface area contributed by atoms with Crippen molar-refractivity contribution in [1.82, 2.24) is 4.90 Å². The molecule has 10 atom stereocenters. The summed E-state index contributed by atoms with van der Waals surface area (Å²) in [6.45, 7) is 6.11. The Balaban J connectivity index is 1.22. The van der Waals surface area contributed by atoms with Crippen molar-refractivity contribution in [1.29, 1.82) is 0 Å². The highest BCUT2D eigenvalue weighted by Gasteiger charge is 2.51. The second-order valence-corrected chi connectivity index (χ2v) is 17.4.